The van der Waals surface area contributed by atoms with Crippen LogP contribution >= 0.6 is 0 Å². The molecule has 0 spiro atoms. The molecule has 0 bridgehead atoms. The third-order valence-electron chi connectivity index (χ3n) is 4.83. The van der Waals surface area contributed by atoms with Gasteiger partial charge < -0.3 is 9.64 Å². The number of hydrogen-bond donors (Lipinski definition) is 0. The van der Waals surface area contributed by atoms with E-state index in [2.05, 4.69) is 11.0 Å². The molecule has 2 aromatic rings. The first kappa shape index (κ1) is 18.9. The van der Waals surface area contributed by atoms with Crippen molar-refractivity contribution in [1.82, 2.24) is 9.80 Å². The van der Waals surface area contributed by atoms with E-state index in [0.717, 1.165) is 16.9 Å². The summed E-state index contributed by atoms with van der Waals surface area (Å²) in [5.41, 5.74) is 1.69. The van der Waals surface area contributed by atoms with Gasteiger partial charge in [0.05, 0.1) is 19.6 Å². The van der Waals surface area contributed by atoms with Crippen molar-refractivity contribution in [3.63, 3.8) is 0 Å². The van der Waals surface area contributed by atoms with Crippen LogP contribution in [0.25, 0.3) is 0 Å². The molecule has 1 fully saturated rings. The summed E-state index contributed by atoms with van der Waals surface area (Å²) in [5.74, 6) is 0.442. The van der Waals surface area contributed by atoms with Crippen molar-refractivity contribution in [2.75, 3.05) is 33.3 Å². The largest absolute Gasteiger partial charge is 0.497 e. The number of piperazine rings is 1. The van der Waals surface area contributed by atoms with Gasteiger partial charge in [0, 0.05) is 26.2 Å². The first-order valence-electron chi connectivity index (χ1n) is 8.90. The number of ether oxygens (including phenoxy) is 1. The summed E-state index contributed by atoms with van der Waals surface area (Å²) < 4.78 is 18.2. The zero-order chi connectivity index (χ0) is 19.2. The summed E-state index contributed by atoms with van der Waals surface area (Å²) in [4.78, 5) is 16.4. The van der Waals surface area contributed by atoms with Crippen LogP contribution in [0.15, 0.2) is 48.5 Å². The fourth-order valence-electron chi connectivity index (χ4n) is 3.30. The van der Waals surface area contributed by atoms with Gasteiger partial charge in [-0.1, -0.05) is 24.3 Å². The van der Waals surface area contributed by atoms with Gasteiger partial charge in [-0.2, -0.15) is 5.26 Å². The molecule has 0 saturated carbocycles. The Kier molecular flexibility index (Phi) is 6.05. The van der Waals surface area contributed by atoms with E-state index in [-0.39, 0.29) is 24.2 Å². The minimum atomic E-state index is -0.366. The summed E-state index contributed by atoms with van der Waals surface area (Å²) in [5, 5.41) is 9.64. The van der Waals surface area contributed by atoms with Crippen molar-refractivity contribution < 1.29 is 13.9 Å². The Hall–Kier alpha value is -2.91. The number of halogens is 1. The maximum atomic E-state index is 13.0. The van der Waals surface area contributed by atoms with E-state index in [0.29, 0.717) is 26.2 Å². The third kappa shape index (κ3) is 4.63. The number of nitriles is 1. The first-order chi connectivity index (χ1) is 13.1. The molecule has 0 aromatic heterocycles. The predicted octanol–water partition coefficient (Wildman–Crippen LogP) is 2.79. The molecule has 3 rings (SSSR count). The van der Waals surface area contributed by atoms with Crippen LogP contribution in [0.5, 0.6) is 5.75 Å². The average Bonchev–Trinajstić information content (AvgIpc) is 2.71. The Morgan fingerprint density at radius 1 is 1.19 bits per heavy atom. The van der Waals surface area contributed by atoms with Crippen LogP contribution in [0.1, 0.15) is 17.2 Å². The van der Waals surface area contributed by atoms with E-state index in [1.54, 1.807) is 24.1 Å². The second kappa shape index (κ2) is 8.65. The molecule has 1 heterocycles. The highest BCUT2D eigenvalue weighted by atomic mass is 19.1. The monoisotopic (exact) mass is 367 g/mol. The highest BCUT2D eigenvalue weighted by Gasteiger charge is 2.27. The Labute approximate surface area is 158 Å². The topological polar surface area (TPSA) is 56.6 Å². The molecule has 0 radical (unpaired) electrons. The maximum Gasteiger partial charge on any atom is 0.227 e. The van der Waals surface area contributed by atoms with Gasteiger partial charge in [0.15, 0.2) is 0 Å². The maximum absolute atomic E-state index is 13.0. The molecular weight excluding hydrogens is 345 g/mol. The SMILES string of the molecule is COc1cccc(C(C#N)N2CCN(C(=O)Cc3ccc(F)cc3)CC2)c1. The molecule has 6 heteroatoms. The number of methoxy groups -OCH3 is 1. The number of carbonyl (C=O) groups excluding carboxylic acids is 1. The predicted molar refractivity (Wildman–Crippen MR) is 99.6 cm³/mol. The van der Waals surface area contributed by atoms with E-state index >= 15 is 0 Å². The second-order valence-electron chi connectivity index (χ2n) is 6.53. The highest BCUT2D eigenvalue weighted by Crippen LogP contribution is 2.25. The van der Waals surface area contributed by atoms with Gasteiger partial charge in [-0.15, -0.1) is 0 Å². The van der Waals surface area contributed by atoms with Crippen molar-refractivity contribution >= 4 is 5.91 Å². The van der Waals surface area contributed by atoms with E-state index in [1.807, 2.05) is 24.3 Å². The molecule has 5 nitrogen and oxygen atoms in total. The molecule has 0 N–H and O–H groups in total. The number of benzene rings is 2. The van der Waals surface area contributed by atoms with Crippen molar-refractivity contribution in [3.8, 4) is 11.8 Å². The molecule has 27 heavy (non-hydrogen) atoms. The molecule has 1 aliphatic heterocycles. The van der Waals surface area contributed by atoms with Crippen molar-refractivity contribution in [2.45, 2.75) is 12.5 Å². The lowest BCUT2D eigenvalue weighted by atomic mass is 10.0. The van der Waals surface area contributed by atoms with Crippen LogP contribution in [0.3, 0.4) is 0 Å². The van der Waals surface area contributed by atoms with Crippen LogP contribution in [0, 0.1) is 17.1 Å². The minimum Gasteiger partial charge on any atom is -0.497 e. The van der Waals surface area contributed by atoms with Crippen LogP contribution < -0.4 is 4.74 Å². The van der Waals surface area contributed by atoms with Gasteiger partial charge in [0.1, 0.15) is 17.6 Å². The summed E-state index contributed by atoms with van der Waals surface area (Å²) >= 11 is 0. The molecule has 1 amide bonds. The van der Waals surface area contributed by atoms with Gasteiger partial charge in [-0.05, 0) is 35.4 Å². The zero-order valence-electron chi connectivity index (χ0n) is 15.3. The minimum absolute atomic E-state index is 0.0242. The van der Waals surface area contributed by atoms with Gasteiger partial charge >= 0.3 is 0 Å². The fourth-order valence-corrected chi connectivity index (χ4v) is 3.30. The molecular formula is C21H22FN3O2. The van der Waals surface area contributed by atoms with Gasteiger partial charge in [0.25, 0.3) is 0 Å². The summed E-state index contributed by atoms with van der Waals surface area (Å²) in [6.07, 6.45) is 0.262. The summed E-state index contributed by atoms with van der Waals surface area (Å²) in [6.45, 7) is 2.40. The van der Waals surface area contributed by atoms with Gasteiger partial charge in [-0.25, -0.2) is 4.39 Å². The Morgan fingerprint density at radius 3 is 2.52 bits per heavy atom. The Bertz CT molecular complexity index is 824. The fraction of sp³-hybridized carbons (Fsp3) is 0.333. The number of amides is 1. The van der Waals surface area contributed by atoms with Gasteiger partial charge in [-0.3, -0.25) is 9.69 Å². The van der Waals surface area contributed by atoms with Crippen molar-refractivity contribution in [3.05, 3.63) is 65.5 Å². The molecule has 140 valence electrons. The molecule has 2 aromatic carbocycles. The summed E-state index contributed by atoms with van der Waals surface area (Å²) in [7, 11) is 1.60. The lowest BCUT2D eigenvalue weighted by molar-refractivity contribution is -0.132. The molecule has 1 atom stereocenters. The van der Waals surface area contributed by atoms with Crippen LogP contribution in [-0.4, -0.2) is 49.0 Å². The first-order valence-corrected chi connectivity index (χ1v) is 8.90. The molecule has 1 saturated heterocycles. The van der Waals surface area contributed by atoms with Crippen molar-refractivity contribution in [2.24, 2.45) is 0 Å². The van der Waals surface area contributed by atoms with Crippen LogP contribution in [0.2, 0.25) is 0 Å². The number of carbonyl (C=O) groups is 1. The normalized spacial score (nSPS) is 15.8. The van der Waals surface area contributed by atoms with E-state index in [1.165, 1.54) is 12.1 Å². The number of nitrogens with zero attached hydrogens (tertiary/aromatic N) is 3. The lowest BCUT2D eigenvalue weighted by Gasteiger charge is -2.37. The smallest absolute Gasteiger partial charge is 0.227 e. The molecule has 0 aliphatic carbocycles. The highest BCUT2D eigenvalue weighted by molar-refractivity contribution is 5.78. The van der Waals surface area contributed by atoms with Crippen LogP contribution in [-0.2, 0) is 11.2 Å². The lowest BCUT2D eigenvalue weighted by Crippen LogP contribution is -2.49. The average molecular weight is 367 g/mol. The molecule has 1 unspecified atom stereocenters. The van der Waals surface area contributed by atoms with Crippen molar-refractivity contribution in [1.29, 1.82) is 5.26 Å². The van der Waals surface area contributed by atoms with E-state index < -0.39 is 0 Å². The quantitative estimate of drug-likeness (QED) is 0.815. The Balaban J connectivity index is 1.59. The van der Waals surface area contributed by atoms with Gasteiger partial charge in [0.2, 0.25) is 5.91 Å². The van der Waals surface area contributed by atoms with E-state index in [9.17, 15) is 14.4 Å². The third-order valence-corrected chi connectivity index (χ3v) is 4.83. The second-order valence-corrected chi connectivity index (χ2v) is 6.53. The number of rotatable bonds is 5. The van der Waals surface area contributed by atoms with E-state index in [4.69, 9.17) is 4.74 Å². The Morgan fingerprint density at radius 2 is 1.89 bits per heavy atom. The number of hydrogen-bond acceptors (Lipinski definition) is 4. The zero-order valence-corrected chi connectivity index (χ0v) is 15.3. The van der Waals surface area contributed by atoms with Crippen LogP contribution in [0.4, 0.5) is 4.39 Å². The standard InChI is InChI=1S/C21H22FN3O2/c1-27-19-4-2-3-17(14-19)20(15-23)24-9-11-25(12-10-24)21(26)13-16-5-7-18(22)8-6-16/h2-8,14,20H,9-13H2,1H3. The summed E-state index contributed by atoms with van der Waals surface area (Å²) in [6, 6.07) is 15.5. The molecule has 1 aliphatic rings.